The van der Waals surface area contributed by atoms with Gasteiger partial charge in [0.15, 0.2) is 0 Å². The molecule has 0 aromatic carbocycles. The molecule has 1 aliphatic carbocycles. The fourth-order valence-corrected chi connectivity index (χ4v) is 1.96. The molecule has 0 radical (unpaired) electrons. The molecule has 0 amide bonds. The van der Waals surface area contributed by atoms with Crippen molar-refractivity contribution < 1.29 is 0 Å². The quantitative estimate of drug-likeness (QED) is 0.849. The number of aromatic nitrogens is 2. The topological polar surface area (TPSA) is 41.1 Å². The molecule has 94 valence electrons. The maximum atomic E-state index is 4.56. The molecular formula is C13H22N4. The number of nitrogens with one attached hydrogen (secondary N) is 1. The molecule has 0 unspecified atom stereocenters. The molecule has 1 heterocycles. The predicted octanol–water partition coefficient (Wildman–Crippen LogP) is 2.45. The van der Waals surface area contributed by atoms with Gasteiger partial charge in [0.1, 0.15) is 5.82 Å². The zero-order chi connectivity index (χ0) is 12.4. The van der Waals surface area contributed by atoms with Crippen molar-refractivity contribution in [3.63, 3.8) is 0 Å². The van der Waals surface area contributed by atoms with Crippen LogP contribution in [-0.2, 0) is 0 Å². The van der Waals surface area contributed by atoms with Crippen molar-refractivity contribution in [2.45, 2.75) is 39.7 Å². The van der Waals surface area contributed by atoms with Gasteiger partial charge >= 0.3 is 0 Å². The minimum Gasteiger partial charge on any atom is -0.357 e. The first kappa shape index (κ1) is 12.1. The van der Waals surface area contributed by atoms with Crippen molar-refractivity contribution in [2.24, 2.45) is 5.92 Å². The van der Waals surface area contributed by atoms with Crippen LogP contribution < -0.4 is 10.2 Å². The summed E-state index contributed by atoms with van der Waals surface area (Å²) in [5.41, 5.74) is 1.01. The lowest BCUT2D eigenvalue weighted by atomic mass is 10.2. The second kappa shape index (κ2) is 4.90. The van der Waals surface area contributed by atoms with Gasteiger partial charge in [0.25, 0.3) is 0 Å². The van der Waals surface area contributed by atoms with Gasteiger partial charge in [-0.05, 0) is 39.5 Å². The van der Waals surface area contributed by atoms with Gasteiger partial charge < -0.3 is 10.2 Å². The van der Waals surface area contributed by atoms with Crippen LogP contribution in [0.15, 0.2) is 6.07 Å². The average Bonchev–Trinajstić information content (AvgIpc) is 3.08. The predicted molar refractivity (Wildman–Crippen MR) is 71.5 cm³/mol. The summed E-state index contributed by atoms with van der Waals surface area (Å²) in [6.45, 7) is 7.58. The number of anilines is 2. The van der Waals surface area contributed by atoms with E-state index in [4.69, 9.17) is 0 Å². The van der Waals surface area contributed by atoms with E-state index in [0.29, 0.717) is 12.0 Å². The molecule has 1 N–H and O–H groups in total. The number of rotatable bonds is 5. The van der Waals surface area contributed by atoms with E-state index in [1.807, 2.05) is 14.0 Å². The SMILES string of the molecule is CNc1nc(C)cc(N(CC2CC2)C(C)C)n1. The van der Waals surface area contributed by atoms with Crippen molar-refractivity contribution in [1.82, 2.24) is 9.97 Å². The first-order valence-corrected chi connectivity index (χ1v) is 6.40. The number of aryl methyl sites for hydroxylation is 1. The van der Waals surface area contributed by atoms with E-state index >= 15 is 0 Å². The van der Waals surface area contributed by atoms with Gasteiger partial charge in [0.05, 0.1) is 0 Å². The van der Waals surface area contributed by atoms with Gasteiger partial charge in [0.2, 0.25) is 5.95 Å². The van der Waals surface area contributed by atoms with Crippen LogP contribution in [0.4, 0.5) is 11.8 Å². The van der Waals surface area contributed by atoms with Crippen LogP contribution in [-0.4, -0.2) is 29.6 Å². The average molecular weight is 234 g/mol. The van der Waals surface area contributed by atoms with Crippen molar-refractivity contribution in [1.29, 1.82) is 0 Å². The molecule has 0 spiro atoms. The Labute approximate surface area is 103 Å². The standard InChI is InChI=1S/C13H22N4/c1-9(2)17(8-11-5-6-11)12-7-10(3)15-13(14-4)16-12/h7,9,11H,5-6,8H2,1-4H3,(H,14,15,16). The summed E-state index contributed by atoms with van der Waals surface area (Å²) in [7, 11) is 1.86. The largest absolute Gasteiger partial charge is 0.357 e. The van der Waals surface area contributed by atoms with Crippen molar-refractivity contribution in [3.05, 3.63) is 11.8 Å². The maximum absolute atomic E-state index is 4.56. The van der Waals surface area contributed by atoms with Crippen LogP contribution in [0, 0.1) is 12.8 Å². The Kier molecular flexibility index (Phi) is 3.50. The zero-order valence-corrected chi connectivity index (χ0v) is 11.2. The Morgan fingerprint density at radius 1 is 1.41 bits per heavy atom. The van der Waals surface area contributed by atoms with E-state index in [0.717, 1.165) is 24.0 Å². The Balaban J connectivity index is 2.23. The lowest BCUT2D eigenvalue weighted by molar-refractivity contribution is 0.636. The summed E-state index contributed by atoms with van der Waals surface area (Å²) in [5, 5.41) is 3.02. The Morgan fingerprint density at radius 2 is 2.12 bits per heavy atom. The maximum Gasteiger partial charge on any atom is 0.224 e. The lowest BCUT2D eigenvalue weighted by Gasteiger charge is -2.28. The monoisotopic (exact) mass is 234 g/mol. The van der Waals surface area contributed by atoms with Crippen LogP contribution in [0.1, 0.15) is 32.4 Å². The normalized spacial score (nSPS) is 15.1. The molecule has 1 fully saturated rings. The molecule has 4 heteroatoms. The van der Waals surface area contributed by atoms with Gasteiger partial charge in [-0.1, -0.05) is 0 Å². The first-order valence-electron chi connectivity index (χ1n) is 6.40. The number of hydrogen-bond donors (Lipinski definition) is 1. The molecule has 1 saturated carbocycles. The fraction of sp³-hybridized carbons (Fsp3) is 0.692. The van der Waals surface area contributed by atoms with Crippen molar-refractivity contribution >= 4 is 11.8 Å². The van der Waals surface area contributed by atoms with Gasteiger partial charge in [-0.25, -0.2) is 4.98 Å². The van der Waals surface area contributed by atoms with E-state index in [1.54, 1.807) is 0 Å². The molecule has 1 aromatic heterocycles. The molecule has 4 nitrogen and oxygen atoms in total. The fourth-order valence-electron chi connectivity index (χ4n) is 1.96. The molecular weight excluding hydrogens is 212 g/mol. The summed E-state index contributed by atoms with van der Waals surface area (Å²) >= 11 is 0. The van der Waals surface area contributed by atoms with Crippen LogP contribution in [0.2, 0.25) is 0 Å². The molecule has 0 saturated heterocycles. The molecule has 0 aliphatic heterocycles. The van der Waals surface area contributed by atoms with Gasteiger partial charge in [-0.2, -0.15) is 4.98 Å². The molecule has 0 atom stereocenters. The first-order chi connectivity index (χ1) is 8.10. The summed E-state index contributed by atoms with van der Waals surface area (Å²) in [6.07, 6.45) is 2.73. The minimum absolute atomic E-state index is 0.481. The summed E-state index contributed by atoms with van der Waals surface area (Å²) < 4.78 is 0. The Hall–Kier alpha value is -1.32. The Morgan fingerprint density at radius 3 is 2.65 bits per heavy atom. The number of nitrogens with zero attached hydrogens (tertiary/aromatic N) is 3. The molecule has 0 bridgehead atoms. The van der Waals surface area contributed by atoms with E-state index < -0.39 is 0 Å². The van der Waals surface area contributed by atoms with Gasteiger partial charge in [0, 0.05) is 31.4 Å². The second-order valence-corrected chi connectivity index (χ2v) is 5.13. The smallest absolute Gasteiger partial charge is 0.224 e. The van der Waals surface area contributed by atoms with Crippen LogP contribution >= 0.6 is 0 Å². The molecule has 17 heavy (non-hydrogen) atoms. The van der Waals surface area contributed by atoms with E-state index in [-0.39, 0.29) is 0 Å². The van der Waals surface area contributed by atoms with E-state index in [2.05, 4.69) is 40.1 Å². The summed E-state index contributed by atoms with van der Waals surface area (Å²) in [4.78, 5) is 11.3. The van der Waals surface area contributed by atoms with Gasteiger partial charge in [-0.15, -0.1) is 0 Å². The molecule has 1 aliphatic rings. The van der Waals surface area contributed by atoms with Crippen LogP contribution in [0.5, 0.6) is 0 Å². The van der Waals surface area contributed by atoms with E-state index in [9.17, 15) is 0 Å². The van der Waals surface area contributed by atoms with Gasteiger partial charge in [-0.3, -0.25) is 0 Å². The summed E-state index contributed by atoms with van der Waals surface area (Å²) in [6, 6.07) is 2.55. The third-order valence-corrected chi connectivity index (χ3v) is 3.13. The third kappa shape index (κ3) is 3.08. The van der Waals surface area contributed by atoms with E-state index in [1.165, 1.54) is 12.8 Å². The molecule has 2 rings (SSSR count). The minimum atomic E-state index is 0.481. The highest BCUT2D eigenvalue weighted by molar-refractivity contribution is 5.45. The zero-order valence-electron chi connectivity index (χ0n) is 11.2. The van der Waals surface area contributed by atoms with Crippen LogP contribution in [0.3, 0.4) is 0 Å². The van der Waals surface area contributed by atoms with Crippen molar-refractivity contribution in [3.8, 4) is 0 Å². The molecule has 1 aromatic rings. The second-order valence-electron chi connectivity index (χ2n) is 5.13. The van der Waals surface area contributed by atoms with Crippen molar-refractivity contribution in [2.75, 3.05) is 23.8 Å². The van der Waals surface area contributed by atoms with Crippen LogP contribution in [0.25, 0.3) is 0 Å². The lowest BCUT2D eigenvalue weighted by Crippen LogP contribution is -2.33. The highest BCUT2D eigenvalue weighted by Gasteiger charge is 2.26. The third-order valence-electron chi connectivity index (χ3n) is 3.13. The number of hydrogen-bond acceptors (Lipinski definition) is 4. The summed E-state index contributed by atoms with van der Waals surface area (Å²) in [5.74, 6) is 2.62. The Bertz CT molecular complexity index is 385. The highest BCUT2D eigenvalue weighted by atomic mass is 15.2. The highest BCUT2D eigenvalue weighted by Crippen LogP contribution is 2.32.